The summed E-state index contributed by atoms with van der Waals surface area (Å²) in [6, 6.07) is 2.34. The minimum Gasteiger partial charge on any atom is -0.335 e. The van der Waals surface area contributed by atoms with E-state index in [0.29, 0.717) is 18.8 Å². The lowest BCUT2D eigenvalue weighted by molar-refractivity contribution is 0.0596. The third-order valence-electron chi connectivity index (χ3n) is 3.40. The van der Waals surface area contributed by atoms with E-state index < -0.39 is 0 Å². The topological polar surface area (TPSA) is 60.2 Å². The summed E-state index contributed by atoms with van der Waals surface area (Å²) < 4.78 is 0. The van der Waals surface area contributed by atoms with Crippen LogP contribution in [-0.4, -0.2) is 52.9 Å². The lowest BCUT2D eigenvalue weighted by Crippen LogP contribution is -2.51. The highest BCUT2D eigenvalue weighted by Gasteiger charge is 2.26. The van der Waals surface area contributed by atoms with E-state index in [1.54, 1.807) is 10.9 Å². The number of thiazole rings is 1. The Labute approximate surface area is 117 Å². The number of nitriles is 1. The van der Waals surface area contributed by atoms with Crippen LogP contribution in [0, 0.1) is 11.3 Å². The number of piperazine rings is 1. The summed E-state index contributed by atoms with van der Waals surface area (Å²) in [6.45, 7) is 4.99. The quantitative estimate of drug-likeness (QED) is 0.839. The molecule has 0 radical (unpaired) electrons. The number of rotatable bonds is 4. The van der Waals surface area contributed by atoms with Crippen LogP contribution < -0.4 is 0 Å². The molecule has 0 aromatic carbocycles. The number of aromatic nitrogens is 1. The van der Waals surface area contributed by atoms with Crippen LogP contribution in [0.25, 0.3) is 0 Å². The van der Waals surface area contributed by atoms with Crippen LogP contribution in [-0.2, 0) is 0 Å². The molecule has 2 rings (SSSR count). The van der Waals surface area contributed by atoms with Gasteiger partial charge in [-0.15, -0.1) is 11.3 Å². The van der Waals surface area contributed by atoms with E-state index in [0.717, 1.165) is 25.9 Å². The highest BCUT2D eigenvalue weighted by molar-refractivity contribution is 7.07. The molecule has 0 N–H and O–H groups in total. The minimum atomic E-state index is -0.0125. The van der Waals surface area contributed by atoms with Crippen molar-refractivity contribution >= 4 is 17.2 Å². The minimum absolute atomic E-state index is 0.00454. The monoisotopic (exact) mass is 278 g/mol. The SMILES string of the molecule is CCCC(C#N)N1CCN(C(=O)c2cscn2)CC1. The molecular formula is C13H18N4OS. The van der Waals surface area contributed by atoms with Crippen molar-refractivity contribution in [3.8, 4) is 6.07 Å². The fourth-order valence-electron chi connectivity index (χ4n) is 2.32. The van der Waals surface area contributed by atoms with Crippen molar-refractivity contribution < 1.29 is 4.79 Å². The zero-order valence-corrected chi connectivity index (χ0v) is 11.9. The maximum Gasteiger partial charge on any atom is 0.273 e. The Morgan fingerprint density at radius 1 is 1.53 bits per heavy atom. The summed E-state index contributed by atoms with van der Waals surface area (Å²) in [6.07, 6.45) is 1.91. The Morgan fingerprint density at radius 2 is 2.26 bits per heavy atom. The highest BCUT2D eigenvalue weighted by Crippen LogP contribution is 2.13. The summed E-state index contributed by atoms with van der Waals surface area (Å²) in [4.78, 5) is 20.2. The van der Waals surface area contributed by atoms with Gasteiger partial charge in [-0.05, 0) is 6.42 Å². The second-order valence-electron chi connectivity index (χ2n) is 4.64. The number of hydrogen-bond acceptors (Lipinski definition) is 5. The average molecular weight is 278 g/mol. The summed E-state index contributed by atoms with van der Waals surface area (Å²) in [7, 11) is 0. The first-order valence-electron chi connectivity index (χ1n) is 6.57. The number of amides is 1. The lowest BCUT2D eigenvalue weighted by Gasteiger charge is -2.36. The van der Waals surface area contributed by atoms with Crippen molar-refractivity contribution in [1.29, 1.82) is 5.26 Å². The van der Waals surface area contributed by atoms with Crippen LogP contribution in [0.5, 0.6) is 0 Å². The average Bonchev–Trinajstić information content (AvgIpc) is 2.98. The van der Waals surface area contributed by atoms with Gasteiger partial charge in [0.15, 0.2) is 0 Å². The van der Waals surface area contributed by atoms with Crippen molar-refractivity contribution in [3.05, 3.63) is 16.6 Å². The second kappa shape index (κ2) is 6.64. The summed E-state index contributed by atoms with van der Waals surface area (Å²) in [5.74, 6) is 0.00454. The van der Waals surface area contributed by atoms with Gasteiger partial charge in [-0.2, -0.15) is 5.26 Å². The van der Waals surface area contributed by atoms with Gasteiger partial charge >= 0.3 is 0 Å². The van der Waals surface area contributed by atoms with Crippen LogP contribution in [0.15, 0.2) is 10.9 Å². The summed E-state index contributed by atoms with van der Waals surface area (Å²) >= 11 is 1.44. The predicted molar refractivity (Wildman–Crippen MR) is 73.9 cm³/mol. The number of carbonyl (C=O) groups excluding carboxylic acids is 1. The first kappa shape index (κ1) is 14.0. The molecule has 1 aliphatic heterocycles. The molecule has 0 saturated carbocycles. The molecular weight excluding hydrogens is 260 g/mol. The molecule has 2 heterocycles. The van der Waals surface area contributed by atoms with E-state index in [1.807, 2.05) is 4.90 Å². The highest BCUT2D eigenvalue weighted by atomic mass is 32.1. The lowest BCUT2D eigenvalue weighted by atomic mass is 10.1. The Balaban J connectivity index is 1.89. The van der Waals surface area contributed by atoms with Crippen molar-refractivity contribution in [3.63, 3.8) is 0 Å². The Kier molecular flexibility index (Phi) is 4.88. The molecule has 19 heavy (non-hydrogen) atoms. The molecule has 1 aromatic rings. The van der Waals surface area contributed by atoms with E-state index in [4.69, 9.17) is 5.26 Å². The van der Waals surface area contributed by atoms with Gasteiger partial charge < -0.3 is 4.90 Å². The van der Waals surface area contributed by atoms with Gasteiger partial charge in [0.25, 0.3) is 5.91 Å². The Bertz CT molecular complexity index is 446. The summed E-state index contributed by atoms with van der Waals surface area (Å²) in [5, 5.41) is 10.9. The predicted octanol–water partition coefficient (Wildman–Crippen LogP) is 1.59. The molecule has 5 nitrogen and oxygen atoms in total. The molecule has 1 aromatic heterocycles. The van der Waals surface area contributed by atoms with Gasteiger partial charge in [-0.25, -0.2) is 4.98 Å². The molecule has 0 bridgehead atoms. The number of hydrogen-bond donors (Lipinski definition) is 0. The summed E-state index contributed by atoms with van der Waals surface area (Å²) in [5.41, 5.74) is 2.21. The molecule has 1 saturated heterocycles. The van der Waals surface area contributed by atoms with Gasteiger partial charge in [0.05, 0.1) is 17.6 Å². The van der Waals surface area contributed by atoms with Gasteiger partial charge in [0.2, 0.25) is 0 Å². The smallest absolute Gasteiger partial charge is 0.273 e. The molecule has 6 heteroatoms. The fraction of sp³-hybridized carbons (Fsp3) is 0.615. The maximum atomic E-state index is 12.1. The Hall–Kier alpha value is -1.45. The molecule has 1 aliphatic rings. The van der Waals surface area contributed by atoms with Gasteiger partial charge in [-0.1, -0.05) is 13.3 Å². The van der Waals surface area contributed by atoms with E-state index >= 15 is 0 Å². The zero-order valence-electron chi connectivity index (χ0n) is 11.1. The van der Waals surface area contributed by atoms with E-state index in [1.165, 1.54) is 11.3 Å². The zero-order chi connectivity index (χ0) is 13.7. The van der Waals surface area contributed by atoms with E-state index in [9.17, 15) is 4.79 Å². The third-order valence-corrected chi connectivity index (χ3v) is 3.99. The molecule has 1 amide bonds. The van der Waals surface area contributed by atoms with Gasteiger partial charge in [0, 0.05) is 31.6 Å². The van der Waals surface area contributed by atoms with Crippen LogP contribution in [0.1, 0.15) is 30.3 Å². The second-order valence-corrected chi connectivity index (χ2v) is 5.35. The van der Waals surface area contributed by atoms with Crippen LogP contribution >= 0.6 is 11.3 Å². The van der Waals surface area contributed by atoms with Crippen LogP contribution in [0.3, 0.4) is 0 Å². The molecule has 1 fully saturated rings. The third kappa shape index (κ3) is 3.31. The molecule has 102 valence electrons. The maximum absolute atomic E-state index is 12.1. The van der Waals surface area contributed by atoms with E-state index in [-0.39, 0.29) is 11.9 Å². The number of carbonyl (C=O) groups is 1. The fourth-order valence-corrected chi connectivity index (χ4v) is 2.84. The molecule has 1 unspecified atom stereocenters. The van der Waals surface area contributed by atoms with Crippen LogP contribution in [0.4, 0.5) is 0 Å². The standard InChI is InChI=1S/C13H18N4OS/c1-2-3-11(8-14)16-4-6-17(7-5-16)13(18)12-9-19-10-15-12/h9-11H,2-7H2,1H3. The van der Waals surface area contributed by atoms with Gasteiger partial charge in [0.1, 0.15) is 5.69 Å². The van der Waals surface area contributed by atoms with Crippen molar-refractivity contribution in [2.45, 2.75) is 25.8 Å². The molecule has 1 atom stereocenters. The first-order chi connectivity index (χ1) is 9.26. The molecule has 0 spiro atoms. The number of nitrogens with zero attached hydrogens (tertiary/aromatic N) is 4. The van der Waals surface area contributed by atoms with Crippen molar-refractivity contribution in [2.75, 3.05) is 26.2 Å². The van der Waals surface area contributed by atoms with E-state index in [2.05, 4.69) is 22.9 Å². The van der Waals surface area contributed by atoms with Crippen LogP contribution in [0.2, 0.25) is 0 Å². The van der Waals surface area contributed by atoms with Crippen molar-refractivity contribution in [1.82, 2.24) is 14.8 Å². The normalized spacial score (nSPS) is 18.0. The Morgan fingerprint density at radius 3 is 2.79 bits per heavy atom. The first-order valence-corrected chi connectivity index (χ1v) is 7.51. The van der Waals surface area contributed by atoms with Gasteiger partial charge in [-0.3, -0.25) is 9.69 Å². The van der Waals surface area contributed by atoms with Crippen molar-refractivity contribution in [2.24, 2.45) is 0 Å². The molecule has 0 aliphatic carbocycles. The largest absolute Gasteiger partial charge is 0.335 e.